The van der Waals surface area contributed by atoms with Gasteiger partial charge in [0, 0.05) is 11.8 Å². The fraction of sp³-hybridized carbons (Fsp3) is 0.632. The van der Waals surface area contributed by atoms with Crippen molar-refractivity contribution in [2.24, 2.45) is 23.2 Å². The number of carbonyl (C=O) groups is 1. The molecule has 4 aliphatic carbocycles. The van der Waals surface area contributed by atoms with Crippen LogP contribution in [0.5, 0.6) is 0 Å². The number of fused-ring (bicyclic) bond motifs is 4. The predicted molar refractivity (Wildman–Crippen MR) is 82.6 cm³/mol. The summed E-state index contributed by atoms with van der Waals surface area (Å²) in [4.78, 5) is 11.7. The Morgan fingerprint density at radius 2 is 2.10 bits per heavy atom. The van der Waals surface area contributed by atoms with Crippen molar-refractivity contribution in [2.75, 3.05) is 6.61 Å². The molecule has 0 aromatic rings. The lowest BCUT2D eigenvalue weighted by atomic mass is 9.59. The van der Waals surface area contributed by atoms with Crippen LogP contribution in [0.1, 0.15) is 45.4 Å². The molecule has 0 heterocycles. The molecule has 0 aromatic carbocycles. The van der Waals surface area contributed by atoms with Gasteiger partial charge in [-0.25, -0.2) is 0 Å². The van der Waals surface area contributed by atoms with Crippen molar-refractivity contribution in [2.45, 2.75) is 45.4 Å². The molecule has 21 heavy (non-hydrogen) atoms. The van der Waals surface area contributed by atoms with Gasteiger partial charge in [0.2, 0.25) is 0 Å². The van der Waals surface area contributed by atoms with E-state index in [1.165, 1.54) is 29.6 Å². The van der Waals surface area contributed by atoms with Gasteiger partial charge < -0.3 is 5.11 Å². The lowest BCUT2D eigenvalue weighted by Gasteiger charge is -2.46. The molecule has 0 bridgehead atoms. The minimum absolute atomic E-state index is 0.0143. The molecule has 1 N–H and O–H groups in total. The summed E-state index contributed by atoms with van der Waals surface area (Å²) >= 11 is 0. The van der Waals surface area contributed by atoms with Crippen molar-refractivity contribution in [3.63, 3.8) is 0 Å². The molecule has 0 saturated heterocycles. The number of hydrogen-bond acceptors (Lipinski definition) is 2. The SMILES string of the molecule is CC1CC[C@H]2[C@@H]3CCC4=CC(=O)CCC4=C3C=C[C@]12CO. The molecular weight excluding hydrogens is 260 g/mol. The fourth-order valence-corrected chi connectivity index (χ4v) is 5.41. The zero-order valence-corrected chi connectivity index (χ0v) is 12.8. The first-order valence-corrected chi connectivity index (χ1v) is 8.42. The number of allylic oxidation sites excluding steroid dienone is 5. The molecule has 0 spiro atoms. The largest absolute Gasteiger partial charge is 0.395 e. The van der Waals surface area contributed by atoms with Crippen molar-refractivity contribution < 1.29 is 9.90 Å². The van der Waals surface area contributed by atoms with Crippen LogP contribution in [0.2, 0.25) is 0 Å². The van der Waals surface area contributed by atoms with Crippen molar-refractivity contribution in [1.82, 2.24) is 0 Å². The summed E-state index contributed by atoms with van der Waals surface area (Å²) in [7, 11) is 0. The highest BCUT2D eigenvalue weighted by molar-refractivity contribution is 5.93. The molecule has 0 aromatic heterocycles. The average Bonchev–Trinajstić information content (AvgIpc) is 2.84. The van der Waals surface area contributed by atoms with Crippen LogP contribution in [-0.2, 0) is 4.79 Å². The molecular formula is C19H24O2. The summed E-state index contributed by atoms with van der Waals surface area (Å²) in [6.07, 6.45) is 12.8. The molecule has 1 unspecified atom stereocenters. The normalized spacial score (nSPS) is 41.5. The first-order chi connectivity index (χ1) is 10.2. The molecule has 2 nitrogen and oxygen atoms in total. The van der Waals surface area contributed by atoms with E-state index < -0.39 is 0 Å². The molecule has 0 amide bonds. The van der Waals surface area contributed by atoms with Crippen LogP contribution in [0.4, 0.5) is 0 Å². The third-order valence-corrected chi connectivity index (χ3v) is 6.67. The van der Waals surface area contributed by atoms with E-state index in [0.29, 0.717) is 30.0 Å². The zero-order valence-electron chi connectivity index (χ0n) is 12.8. The monoisotopic (exact) mass is 284 g/mol. The standard InChI is InChI=1S/C19H24O2/c1-12-2-7-18-17-5-3-13-10-14(21)4-6-15(13)16(17)8-9-19(12,18)11-20/h8-10,12,17-18,20H,2-7,11H2,1H3/t12?,17-,18+,19+/m1/s1. The van der Waals surface area contributed by atoms with Crippen LogP contribution in [0.15, 0.2) is 34.9 Å². The Bertz CT molecular complexity index is 580. The first-order valence-electron chi connectivity index (χ1n) is 8.42. The second kappa shape index (κ2) is 4.67. The van der Waals surface area contributed by atoms with Gasteiger partial charge in [0.25, 0.3) is 0 Å². The highest BCUT2D eigenvalue weighted by atomic mass is 16.3. The molecule has 112 valence electrons. The lowest BCUT2D eigenvalue weighted by Crippen LogP contribution is -2.41. The molecule has 0 radical (unpaired) electrons. The highest BCUT2D eigenvalue weighted by Gasteiger charge is 2.52. The number of aliphatic hydroxyl groups is 1. The van der Waals surface area contributed by atoms with E-state index >= 15 is 0 Å². The molecule has 1 saturated carbocycles. The van der Waals surface area contributed by atoms with Gasteiger partial charge in [-0.05, 0) is 72.7 Å². The average molecular weight is 284 g/mol. The van der Waals surface area contributed by atoms with Gasteiger partial charge in [-0.1, -0.05) is 19.1 Å². The molecule has 4 aliphatic rings. The van der Waals surface area contributed by atoms with Crippen LogP contribution < -0.4 is 0 Å². The number of ketones is 1. The minimum Gasteiger partial charge on any atom is -0.395 e. The van der Waals surface area contributed by atoms with E-state index in [2.05, 4.69) is 19.1 Å². The first kappa shape index (κ1) is 13.5. The van der Waals surface area contributed by atoms with Crippen molar-refractivity contribution in [3.05, 3.63) is 34.9 Å². The summed E-state index contributed by atoms with van der Waals surface area (Å²) in [5, 5.41) is 10.1. The summed E-state index contributed by atoms with van der Waals surface area (Å²) in [5.74, 6) is 2.09. The third kappa shape index (κ3) is 1.78. The summed E-state index contributed by atoms with van der Waals surface area (Å²) in [6, 6.07) is 0. The van der Waals surface area contributed by atoms with Crippen LogP contribution in [-0.4, -0.2) is 17.5 Å². The third-order valence-electron chi connectivity index (χ3n) is 6.67. The van der Waals surface area contributed by atoms with Crippen LogP contribution in [0, 0.1) is 23.2 Å². The number of carbonyl (C=O) groups excluding carboxylic acids is 1. The van der Waals surface area contributed by atoms with E-state index in [1.807, 2.05) is 6.08 Å². The Morgan fingerprint density at radius 1 is 1.24 bits per heavy atom. The van der Waals surface area contributed by atoms with E-state index in [0.717, 1.165) is 19.3 Å². The van der Waals surface area contributed by atoms with Crippen LogP contribution >= 0.6 is 0 Å². The fourth-order valence-electron chi connectivity index (χ4n) is 5.41. The lowest BCUT2D eigenvalue weighted by molar-refractivity contribution is -0.114. The van der Waals surface area contributed by atoms with Gasteiger partial charge in [0.05, 0.1) is 6.61 Å². The molecule has 0 aliphatic heterocycles. The van der Waals surface area contributed by atoms with E-state index in [9.17, 15) is 9.90 Å². The van der Waals surface area contributed by atoms with Gasteiger partial charge in [-0.3, -0.25) is 4.79 Å². The number of aliphatic hydroxyl groups excluding tert-OH is 1. The Kier molecular flexibility index (Phi) is 3.01. The Balaban J connectivity index is 1.82. The summed E-state index contributed by atoms with van der Waals surface area (Å²) < 4.78 is 0. The Morgan fingerprint density at radius 3 is 2.90 bits per heavy atom. The van der Waals surface area contributed by atoms with Gasteiger partial charge in [0.1, 0.15) is 0 Å². The molecule has 4 rings (SSSR count). The van der Waals surface area contributed by atoms with Crippen molar-refractivity contribution in [1.29, 1.82) is 0 Å². The maximum absolute atomic E-state index is 11.7. The minimum atomic E-state index is 0.0143. The molecule has 4 atom stereocenters. The smallest absolute Gasteiger partial charge is 0.156 e. The van der Waals surface area contributed by atoms with Crippen molar-refractivity contribution >= 4 is 5.78 Å². The molecule has 2 heteroatoms. The van der Waals surface area contributed by atoms with Gasteiger partial charge in [0.15, 0.2) is 5.78 Å². The maximum atomic E-state index is 11.7. The van der Waals surface area contributed by atoms with Crippen LogP contribution in [0.25, 0.3) is 0 Å². The number of hydrogen-bond donors (Lipinski definition) is 1. The van der Waals surface area contributed by atoms with Crippen molar-refractivity contribution in [3.8, 4) is 0 Å². The van der Waals surface area contributed by atoms with Crippen LogP contribution in [0.3, 0.4) is 0 Å². The Labute approximate surface area is 126 Å². The second-order valence-electron chi connectivity index (χ2n) is 7.40. The molecule has 1 fully saturated rings. The highest BCUT2D eigenvalue weighted by Crippen LogP contribution is 2.59. The predicted octanol–water partition coefficient (Wildman–Crippen LogP) is 3.58. The Hall–Kier alpha value is -1.15. The topological polar surface area (TPSA) is 37.3 Å². The zero-order chi connectivity index (χ0) is 14.6. The van der Waals surface area contributed by atoms with E-state index in [4.69, 9.17) is 0 Å². The maximum Gasteiger partial charge on any atom is 0.156 e. The van der Waals surface area contributed by atoms with Gasteiger partial charge in [-0.15, -0.1) is 0 Å². The van der Waals surface area contributed by atoms with E-state index in [-0.39, 0.29) is 12.0 Å². The summed E-state index contributed by atoms with van der Waals surface area (Å²) in [6.45, 7) is 2.59. The van der Waals surface area contributed by atoms with Gasteiger partial charge in [-0.2, -0.15) is 0 Å². The number of rotatable bonds is 1. The second-order valence-corrected chi connectivity index (χ2v) is 7.40. The van der Waals surface area contributed by atoms with E-state index in [1.54, 1.807) is 0 Å². The van der Waals surface area contributed by atoms with Gasteiger partial charge >= 0.3 is 0 Å². The summed E-state index contributed by atoms with van der Waals surface area (Å²) in [5.41, 5.74) is 4.25. The quantitative estimate of drug-likeness (QED) is 0.799.